The first-order valence-electron chi connectivity index (χ1n) is 3.85. The molecule has 0 heterocycles. The molecule has 0 aliphatic rings. The zero-order chi connectivity index (χ0) is 11.4. The Morgan fingerprint density at radius 3 is 2.73 bits per heavy atom. The van der Waals surface area contributed by atoms with Crippen LogP contribution in [-0.2, 0) is 4.79 Å². The van der Waals surface area contributed by atoms with Crippen LogP contribution in [0.2, 0.25) is 0 Å². The second-order valence-electron chi connectivity index (χ2n) is 2.63. The molecule has 0 radical (unpaired) electrons. The third kappa shape index (κ3) is 3.17. The number of nitro benzene ring substituents is 1. The van der Waals surface area contributed by atoms with Crippen LogP contribution in [0.5, 0.6) is 0 Å². The molecular weight excluding hydrogens is 266 g/mol. The highest BCUT2D eigenvalue weighted by atomic mass is 79.9. The van der Waals surface area contributed by atoms with Gasteiger partial charge in [-0.15, -0.1) is 0 Å². The van der Waals surface area contributed by atoms with Crippen LogP contribution in [0.4, 0.5) is 5.69 Å². The molecule has 0 aliphatic carbocycles. The highest BCUT2D eigenvalue weighted by Gasteiger charge is 2.11. The number of carbonyl (C=O) groups is 1. The maximum absolute atomic E-state index is 10.6. The van der Waals surface area contributed by atoms with E-state index in [1.54, 1.807) is 6.07 Å². The summed E-state index contributed by atoms with van der Waals surface area (Å²) in [5.74, 6) is -1.15. The lowest BCUT2D eigenvalue weighted by molar-refractivity contribution is -0.385. The molecule has 0 fully saturated rings. The fourth-order valence-electron chi connectivity index (χ4n) is 0.977. The Morgan fingerprint density at radius 2 is 2.20 bits per heavy atom. The first-order chi connectivity index (χ1) is 7.00. The summed E-state index contributed by atoms with van der Waals surface area (Å²) in [4.78, 5) is 20.3. The quantitative estimate of drug-likeness (QED) is 0.520. The zero-order valence-electron chi connectivity index (χ0n) is 7.38. The van der Waals surface area contributed by atoms with E-state index in [4.69, 9.17) is 5.11 Å². The summed E-state index contributed by atoms with van der Waals surface area (Å²) in [6.07, 6.45) is 2.04. The van der Waals surface area contributed by atoms with Crippen molar-refractivity contribution in [2.24, 2.45) is 0 Å². The van der Waals surface area contributed by atoms with E-state index in [-0.39, 0.29) is 11.3 Å². The highest BCUT2D eigenvalue weighted by molar-refractivity contribution is 9.10. The van der Waals surface area contributed by atoms with E-state index in [9.17, 15) is 14.9 Å². The van der Waals surface area contributed by atoms with Crippen LogP contribution in [0.1, 0.15) is 5.56 Å². The standard InChI is InChI=1S/C9H6BrNO4/c10-7-3-1-6(2-4-9(12)13)8(5-7)11(14)15/h1-5H,(H,12,13)/b4-2-. The maximum Gasteiger partial charge on any atom is 0.328 e. The highest BCUT2D eigenvalue weighted by Crippen LogP contribution is 2.24. The number of hydrogen-bond donors (Lipinski definition) is 1. The second-order valence-corrected chi connectivity index (χ2v) is 3.55. The van der Waals surface area contributed by atoms with Crippen molar-refractivity contribution in [2.45, 2.75) is 0 Å². The van der Waals surface area contributed by atoms with Crippen molar-refractivity contribution in [3.63, 3.8) is 0 Å². The predicted octanol–water partition coefficient (Wildman–Crippen LogP) is 2.46. The molecule has 6 heteroatoms. The van der Waals surface area contributed by atoms with Crippen molar-refractivity contribution in [3.05, 3.63) is 44.4 Å². The molecule has 15 heavy (non-hydrogen) atoms. The van der Waals surface area contributed by atoms with E-state index in [1.165, 1.54) is 18.2 Å². The number of carboxylic acid groups (broad SMARTS) is 1. The molecule has 1 aromatic carbocycles. The van der Waals surface area contributed by atoms with Crippen LogP contribution in [-0.4, -0.2) is 16.0 Å². The maximum atomic E-state index is 10.6. The van der Waals surface area contributed by atoms with E-state index in [0.717, 1.165) is 6.08 Å². The van der Waals surface area contributed by atoms with Gasteiger partial charge in [-0.1, -0.05) is 15.9 Å². The SMILES string of the molecule is O=C(O)/C=C\c1ccc(Br)cc1[N+](=O)[O-]. The minimum absolute atomic E-state index is 0.137. The Morgan fingerprint density at radius 1 is 1.53 bits per heavy atom. The summed E-state index contributed by atoms with van der Waals surface area (Å²) in [7, 11) is 0. The summed E-state index contributed by atoms with van der Waals surface area (Å²) in [6, 6.07) is 4.40. The monoisotopic (exact) mass is 271 g/mol. The molecule has 1 aromatic rings. The molecular formula is C9H6BrNO4. The number of halogens is 1. The van der Waals surface area contributed by atoms with Crippen LogP contribution in [0.25, 0.3) is 6.08 Å². The van der Waals surface area contributed by atoms with Gasteiger partial charge in [0.05, 0.1) is 10.5 Å². The number of rotatable bonds is 3. The average molecular weight is 272 g/mol. The van der Waals surface area contributed by atoms with Gasteiger partial charge >= 0.3 is 5.97 Å². The van der Waals surface area contributed by atoms with Gasteiger partial charge in [0.25, 0.3) is 5.69 Å². The number of nitro groups is 1. The number of aliphatic carboxylic acids is 1. The fraction of sp³-hybridized carbons (Fsp3) is 0. The summed E-state index contributed by atoms with van der Waals surface area (Å²) in [6.45, 7) is 0. The predicted molar refractivity (Wildman–Crippen MR) is 57.5 cm³/mol. The normalized spacial score (nSPS) is 10.5. The van der Waals surface area contributed by atoms with Gasteiger partial charge in [0.1, 0.15) is 0 Å². The Bertz CT molecular complexity index is 442. The zero-order valence-corrected chi connectivity index (χ0v) is 8.97. The summed E-state index contributed by atoms with van der Waals surface area (Å²) >= 11 is 3.10. The molecule has 0 bridgehead atoms. The topological polar surface area (TPSA) is 80.4 Å². The summed E-state index contributed by atoms with van der Waals surface area (Å²) < 4.78 is 0.571. The fourth-order valence-corrected chi connectivity index (χ4v) is 1.33. The van der Waals surface area contributed by atoms with Gasteiger partial charge in [-0.25, -0.2) is 4.79 Å². The minimum Gasteiger partial charge on any atom is -0.478 e. The molecule has 5 nitrogen and oxygen atoms in total. The van der Waals surface area contributed by atoms with E-state index in [2.05, 4.69) is 15.9 Å². The minimum atomic E-state index is -1.15. The van der Waals surface area contributed by atoms with E-state index < -0.39 is 10.9 Å². The molecule has 0 saturated carbocycles. The van der Waals surface area contributed by atoms with Crippen LogP contribution in [0, 0.1) is 10.1 Å². The van der Waals surface area contributed by atoms with Gasteiger partial charge < -0.3 is 5.11 Å². The van der Waals surface area contributed by atoms with E-state index in [1.807, 2.05) is 0 Å². The molecule has 1 rings (SSSR count). The Kier molecular flexibility index (Phi) is 3.56. The molecule has 0 saturated heterocycles. The lowest BCUT2D eigenvalue weighted by Crippen LogP contribution is -1.92. The van der Waals surface area contributed by atoms with Crippen LogP contribution >= 0.6 is 15.9 Å². The van der Waals surface area contributed by atoms with Crippen molar-refractivity contribution < 1.29 is 14.8 Å². The van der Waals surface area contributed by atoms with E-state index in [0.29, 0.717) is 4.47 Å². The first kappa shape index (κ1) is 11.4. The molecule has 0 aromatic heterocycles. The second kappa shape index (κ2) is 4.70. The van der Waals surface area contributed by atoms with Gasteiger partial charge in [0, 0.05) is 16.6 Å². The molecule has 0 atom stereocenters. The Balaban J connectivity index is 3.17. The number of carboxylic acids is 1. The van der Waals surface area contributed by atoms with Crippen LogP contribution < -0.4 is 0 Å². The van der Waals surface area contributed by atoms with Gasteiger partial charge in [0.2, 0.25) is 0 Å². The van der Waals surface area contributed by atoms with Crippen molar-refractivity contribution in [1.82, 2.24) is 0 Å². The van der Waals surface area contributed by atoms with Gasteiger partial charge in [0.15, 0.2) is 0 Å². The molecule has 78 valence electrons. The van der Waals surface area contributed by atoms with Crippen molar-refractivity contribution in [2.75, 3.05) is 0 Å². The third-order valence-electron chi connectivity index (χ3n) is 1.59. The molecule has 0 unspecified atom stereocenters. The number of benzene rings is 1. The van der Waals surface area contributed by atoms with Crippen molar-refractivity contribution in [1.29, 1.82) is 0 Å². The number of nitrogens with zero attached hydrogens (tertiary/aromatic N) is 1. The largest absolute Gasteiger partial charge is 0.478 e. The average Bonchev–Trinajstić information content (AvgIpc) is 2.15. The van der Waals surface area contributed by atoms with Gasteiger partial charge in [-0.2, -0.15) is 0 Å². The van der Waals surface area contributed by atoms with Crippen molar-refractivity contribution in [3.8, 4) is 0 Å². The first-order valence-corrected chi connectivity index (χ1v) is 4.65. The van der Waals surface area contributed by atoms with Crippen molar-refractivity contribution >= 4 is 33.7 Å². The lowest BCUT2D eigenvalue weighted by Gasteiger charge is -1.97. The Labute approximate surface area is 93.3 Å². The molecule has 1 N–H and O–H groups in total. The smallest absolute Gasteiger partial charge is 0.328 e. The van der Waals surface area contributed by atoms with Gasteiger partial charge in [-0.3, -0.25) is 10.1 Å². The summed E-state index contributed by atoms with van der Waals surface area (Å²) in [5, 5.41) is 19.0. The third-order valence-corrected chi connectivity index (χ3v) is 2.09. The molecule has 0 spiro atoms. The Hall–Kier alpha value is -1.69. The van der Waals surface area contributed by atoms with Crippen LogP contribution in [0.15, 0.2) is 28.7 Å². The van der Waals surface area contributed by atoms with Gasteiger partial charge in [-0.05, 0) is 18.2 Å². The van der Waals surface area contributed by atoms with Crippen LogP contribution in [0.3, 0.4) is 0 Å². The number of hydrogen-bond acceptors (Lipinski definition) is 3. The molecule has 0 amide bonds. The molecule has 0 aliphatic heterocycles. The summed E-state index contributed by atoms with van der Waals surface area (Å²) in [5.41, 5.74) is 0.118. The lowest BCUT2D eigenvalue weighted by atomic mass is 10.1. The van der Waals surface area contributed by atoms with E-state index >= 15 is 0 Å².